The Bertz CT molecular complexity index is 942. The summed E-state index contributed by atoms with van der Waals surface area (Å²) in [6.45, 7) is 2.86. The number of anilines is 1. The van der Waals surface area contributed by atoms with Crippen LogP contribution in [0.3, 0.4) is 0 Å². The van der Waals surface area contributed by atoms with Gasteiger partial charge in [0.15, 0.2) is 0 Å². The van der Waals surface area contributed by atoms with Crippen molar-refractivity contribution in [2.24, 2.45) is 0 Å². The molecule has 1 aliphatic heterocycles. The highest BCUT2D eigenvalue weighted by Gasteiger charge is 2.34. The summed E-state index contributed by atoms with van der Waals surface area (Å²) in [4.78, 5) is 1.28. The summed E-state index contributed by atoms with van der Waals surface area (Å²) in [7, 11) is -3.88. The number of sulfonamides is 1. The lowest BCUT2D eigenvalue weighted by atomic mass is 10.1. The van der Waals surface area contributed by atoms with Gasteiger partial charge in [-0.1, -0.05) is 12.1 Å². The van der Waals surface area contributed by atoms with Gasteiger partial charge in [-0.2, -0.15) is 13.2 Å². The van der Waals surface area contributed by atoms with Crippen molar-refractivity contribution in [1.29, 1.82) is 0 Å². The average molecular weight is 414 g/mol. The Kier molecular flexibility index (Phi) is 5.58. The molecule has 28 heavy (non-hydrogen) atoms. The first-order valence-electron chi connectivity index (χ1n) is 8.73. The minimum absolute atomic E-state index is 0.0351. The highest BCUT2D eigenvalue weighted by Crippen LogP contribution is 2.32. The fourth-order valence-electron chi connectivity index (χ4n) is 3.12. The maximum atomic E-state index is 12.7. The third-order valence-corrected chi connectivity index (χ3v) is 5.58. The van der Waals surface area contributed by atoms with Crippen LogP contribution in [-0.4, -0.2) is 32.1 Å². The van der Waals surface area contributed by atoms with Crippen LogP contribution in [0.4, 0.5) is 18.9 Å². The lowest BCUT2D eigenvalue weighted by Crippen LogP contribution is -2.30. The van der Waals surface area contributed by atoms with Crippen LogP contribution in [0.2, 0.25) is 0 Å². The second kappa shape index (κ2) is 7.63. The number of benzene rings is 2. The molecule has 9 heteroatoms. The molecule has 0 saturated carbocycles. The molecule has 152 valence electrons. The maximum Gasteiger partial charge on any atom is 0.401 e. The molecule has 0 radical (unpaired) electrons. The number of ether oxygens (including phenoxy) is 1. The van der Waals surface area contributed by atoms with Crippen molar-refractivity contribution in [3.63, 3.8) is 0 Å². The number of nitrogens with one attached hydrogen (secondary N) is 1. The predicted octanol–water partition coefficient (Wildman–Crippen LogP) is 4.15. The molecule has 1 aliphatic rings. The van der Waals surface area contributed by atoms with E-state index < -0.39 is 22.7 Å². The van der Waals surface area contributed by atoms with Gasteiger partial charge in [-0.3, -0.25) is 9.62 Å². The van der Waals surface area contributed by atoms with Crippen LogP contribution in [0.25, 0.3) is 0 Å². The Hall–Kier alpha value is -2.26. The predicted molar refractivity (Wildman–Crippen MR) is 99.6 cm³/mol. The van der Waals surface area contributed by atoms with E-state index in [-0.39, 0.29) is 24.1 Å². The number of hydrogen-bond acceptors (Lipinski definition) is 4. The van der Waals surface area contributed by atoms with Crippen molar-refractivity contribution in [3.05, 3.63) is 53.6 Å². The van der Waals surface area contributed by atoms with Crippen LogP contribution in [0.5, 0.6) is 5.75 Å². The van der Waals surface area contributed by atoms with Gasteiger partial charge < -0.3 is 4.74 Å². The first-order valence-corrected chi connectivity index (χ1v) is 10.2. The SMILES string of the molecule is CC(C)Oc1ccc(S(=O)(=O)Nc2cccc3c2CN(CC(F)(F)F)C3)cc1. The zero-order chi connectivity index (χ0) is 20.5. The van der Waals surface area contributed by atoms with E-state index in [9.17, 15) is 21.6 Å². The van der Waals surface area contributed by atoms with Gasteiger partial charge in [-0.05, 0) is 55.3 Å². The van der Waals surface area contributed by atoms with Gasteiger partial charge in [-0.25, -0.2) is 8.42 Å². The molecule has 0 amide bonds. The minimum Gasteiger partial charge on any atom is -0.491 e. The van der Waals surface area contributed by atoms with Crippen molar-refractivity contribution in [1.82, 2.24) is 4.90 Å². The molecule has 0 atom stereocenters. The van der Waals surface area contributed by atoms with Gasteiger partial charge in [0.1, 0.15) is 5.75 Å². The number of alkyl halides is 3. The average Bonchev–Trinajstić information content (AvgIpc) is 2.96. The quantitative estimate of drug-likeness (QED) is 0.772. The van der Waals surface area contributed by atoms with E-state index >= 15 is 0 Å². The molecule has 0 aromatic heterocycles. The van der Waals surface area contributed by atoms with Crippen LogP contribution in [0.15, 0.2) is 47.4 Å². The van der Waals surface area contributed by atoms with E-state index in [4.69, 9.17) is 4.74 Å². The summed E-state index contributed by atoms with van der Waals surface area (Å²) < 4.78 is 71.4. The van der Waals surface area contributed by atoms with Crippen LogP contribution in [0.1, 0.15) is 25.0 Å². The standard InChI is InChI=1S/C19H21F3N2O3S/c1-13(2)27-15-6-8-16(9-7-15)28(25,26)23-18-5-3-4-14-10-24(11-17(14)18)12-19(20,21)22/h3-9,13,23H,10-12H2,1-2H3. The summed E-state index contributed by atoms with van der Waals surface area (Å²) in [6.07, 6.45) is -4.34. The Morgan fingerprint density at radius 3 is 2.39 bits per heavy atom. The van der Waals surface area contributed by atoms with Crippen LogP contribution < -0.4 is 9.46 Å². The van der Waals surface area contributed by atoms with Crippen molar-refractivity contribution >= 4 is 15.7 Å². The minimum atomic E-state index is -4.30. The molecule has 1 N–H and O–H groups in total. The van der Waals surface area contributed by atoms with Crippen LogP contribution in [0, 0.1) is 0 Å². The molecular weight excluding hydrogens is 393 g/mol. The van der Waals surface area contributed by atoms with E-state index in [1.165, 1.54) is 17.0 Å². The molecule has 5 nitrogen and oxygen atoms in total. The number of hydrogen-bond donors (Lipinski definition) is 1. The fraction of sp³-hybridized carbons (Fsp3) is 0.368. The van der Waals surface area contributed by atoms with Gasteiger partial charge in [0.2, 0.25) is 0 Å². The Morgan fingerprint density at radius 1 is 1.11 bits per heavy atom. The zero-order valence-electron chi connectivity index (χ0n) is 15.5. The van der Waals surface area contributed by atoms with Gasteiger partial charge in [0, 0.05) is 13.1 Å². The van der Waals surface area contributed by atoms with Crippen molar-refractivity contribution in [3.8, 4) is 5.75 Å². The van der Waals surface area contributed by atoms with E-state index in [1.54, 1.807) is 30.3 Å². The van der Waals surface area contributed by atoms with Crippen LogP contribution >= 0.6 is 0 Å². The molecule has 0 spiro atoms. The number of halogens is 3. The molecule has 1 heterocycles. The van der Waals surface area contributed by atoms with E-state index in [1.807, 2.05) is 13.8 Å². The third kappa shape index (κ3) is 4.96. The van der Waals surface area contributed by atoms with E-state index in [2.05, 4.69) is 4.72 Å². The van der Waals surface area contributed by atoms with Crippen molar-refractivity contribution in [2.75, 3.05) is 11.3 Å². The van der Waals surface area contributed by atoms with Gasteiger partial charge >= 0.3 is 6.18 Å². The summed E-state index contributed by atoms with van der Waals surface area (Å²) in [5, 5.41) is 0. The van der Waals surface area contributed by atoms with Gasteiger partial charge in [-0.15, -0.1) is 0 Å². The number of rotatable bonds is 6. The lowest BCUT2D eigenvalue weighted by molar-refractivity contribution is -0.146. The van der Waals surface area contributed by atoms with E-state index in [0.717, 1.165) is 0 Å². The highest BCUT2D eigenvalue weighted by molar-refractivity contribution is 7.92. The Morgan fingerprint density at radius 2 is 1.79 bits per heavy atom. The van der Waals surface area contributed by atoms with E-state index in [0.29, 0.717) is 22.6 Å². The molecular formula is C19H21F3N2O3S. The number of nitrogens with zero attached hydrogens (tertiary/aromatic N) is 1. The normalized spacial score (nSPS) is 14.9. The smallest absolute Gasteiger partial charge is 0.401 e. The molecule has 0 fully saturated rings. The van der Waals surface area contributed by atoms with Crippen LogP contribution in [-0.2, 0) is 23.1 Å². The second-order valence-corrected chi connectivity index (χ2v) is 8.63. The van der Waals surface area contributed by atoms with Crippen molar-refractivity contribution in [2.45, 2.75) is 44.1 Å². The summed E-state index contributed by atoms with van der Waals surface area (Å²) in [6, 6.07) is 10.9. The lowest BCUT2D eigenvalue weighted by Gasteiger charge is -2.17. The molecule has 0 bridgehead atoms. The molecule has 0 saturated heterocycles. The largest absolute Gasteiger partial charge is 0.491 e. The third-order valence-electron chi connectivity index (χ3n) is 4.20. The molecule has 0 aliphatic carbocycles. The van der Waals surface area contributed by atoms with Gasteiger partial charge in [0.05, 0.1) is 23.2 Å². The molecule has 2 aromatic rings. The first kappa shape index (κ1) is 20.5. The summed E-state index contributed by atoms with van der Waals surface area (Å²) in [5.74, 6) is 0.553. The highest BCUT2D eigenvalue weighted by atomic mass is 32.2. The monoisotopic (exact) mass is 414 g/mol. The first-order chi connectivity index (χ1) is 13.0. The molecule has 2 aromatic carbocycles. The Balaban J connectivity index is 1.79. The summed E-state index contributed by atoms with van der Waals surface area (Å²) in [5.41, 5.74) is 1.55. The molecule has 0 unspecified atom stereocenters. The molecule has 3 rings (SSSR count). The zero-order valence-corrected chi connectivity index (χ0v) is 16.3. The topological polar surface area (TPSA) is 58.6 Å². The Labute approximate surface area is 162 Å². The fourth-order valence-corrected chi connectivity index (χ4v) is 4.22. The van der Waals surface area contributed by atoms with Crippen molar-refractivity contribution < 1.29 is 26.3 Å². The summed E-state index contributed by atoms with van der Waals surface area (Å²) >= 11 is 0. The second-order valence-electron chi connectivity index (χ2n) is 6.95. The maximum absolute atomic E-state index is 12.7. The number of fused-ring (bicyclic) bond motifs is 1. The van der Waals surface area contributed by atoms with Gasteiger partial charge in [0.25, 0.3) is 10.0 Å².